The maximum atomic E-state index is 5.53. The molecule has 20 heavy (non-hydrogen) atoms. The van der Waals surface area contributed by atoms with Crippen LogP contribution in [0.2, 0.25) is 0 Å². The Kier molecular flexibility index (Phi) is 5.56. The van der Waals surface area contributed by atoms with Gasteiger partial charge in [0.05, 0.1) is 22.8 Å². The number of hydrogen-bond donors (Lipinski definition) is 0. The first-order valence-electron chi connectivity index (χ1n) is 5.79. The van der Waals surface area contributed by atoms with E-state index in [0.29, 0.717) is 0 Å². The molecule has 1 aromatic carbocycles. The number of ether oxygens (including phenoxy) is 2. The molecule has 1 atom stereocenters. The van der Waals surface area contributed by atoms with Gasteiger partial charge in [-0.15, -0.1) is 11.3 Å². The summed E-state index contributed by atoms with van der Waals surface area (Å²) in [5.74, 6) is 1.54. The zero-order chi connectivity index (χ0) is 14.9. The molecule has 2 nitrogen and oxygen atoms in total. The first-order chi connectivity index (χ1) is 9.49. The van der Waals surface area contributed by atoms with Crippen LogP contribution in [0.25, 0.3) is 0 Å². The molecule has 0 saturated heterocycles. The third-order valence-electron chi connectivity index (χ3n) is 2.92. The van der Waals surface area contributed by atoms with Crippen molar-refractivity contribution in [3.63, 3.8) is 0 Å². The van der Waals surface area contributed by atoms with Gasteiger partial charge in [-0.25, -0.2) is 0 Å². The van der Waals surface area contributed by atoms with Crippen molar-refractivity contribution >= 4 is 59.1 Å². The van der Waals surface area contributed by atoms with Crippen LogP contribution < -0.4 is 9.47 Å². The van der Waals surface area contributed by atoms with Crippen molar-refractivity contribution in [3.8, 4) is 11.5 Å². The van der Waals surface area contributed by atoms with Crippen LogP contribution in [0.1, 0.15) is 20.8 Å². The molecule has 0 bridgehead atoms. The van der Waals surface area contributed by atoms with Gasteiger partial charge < -0.3 is 9.47 Å². The molecule has 1 aromatic heterocycles. The second-order valence-corrected chi connectivity index (χ2v) is 8.28. The van der Waals surface area contributed by atoms with Crippen molar-refractivity contribution in [1.82, 2.24) is 0 Å². The SMILES string of the molecule is COc1ccc(C(Br)c2cc(C)c(Br)s2)c(OC)c1Br. The molecule has 2 aromatic rings. The zero-order valence-electron chi connectivity index (χ0n) is 11.2. The van der Waals surface area contributed by atoms with Gasteiger partial charge in [-0.2, -0.15) is 0 Å². The highest BCUT2D eigenvalue weighted by Crippen LogP contribution is 2.46. The molecule has 0 radical (unpaired) electrons. The summed E-state index contributed by atoms with van der Waals surface area (Å²) in [7, 11) is 3.31. The molecule has 0 fully saturated rings. The van der Waals surface area contributed by atoms with E-state index in [1.54, 1.807) is 25.6 Å². The van der Waals surface area contributed by atoms with E-state index in [1.165, 1.54) is 10.4 Å². The highest BCUT2D eigenvalue weighted by Gasteiger charge is 2.21. The van der Waals surface area contributed by atoms with Gasteiger partial charge in [0, 0.05) is 10.4 Å². The summed E-state index contributed by atoms with van der Waals surface area (Å²) in [5.41, 5.74) is 2.30. The topological polar surface area (TPSA) is 18.5 Å². The molecule has 0 saturated carbocycles. The van der Waals surface area contributed by atoms with Crippen LogP contribution in [0.15, 0.2) is 26.5 Å². The van der Waals surface area contributed by atoms with Gasteiger partial charge in [0.25, 0.3) is 0 Å². The molecule has 0 aliphatic rings. The summed E-state index contributed by atoms with van der Waals surface area (Å²) in [6.07, 6.45) is 0. The van der Waals surface area contributed by atoms with Crippen molar-refractivity contribution in [2.75, 3.05) is 14.2 Å². The predicted octanol–water partition coefficient (Wildman–Crippen LogP) is 6.08. The Morgan fingerprint density at radius 1 is 1.15 bits per heavy atom. The number of alkyl halides is 1. The van der Waals surface area contributed by atoms with Crippen LogP contribution in [-0.4, -0.2) is 14.2 Å². The molecule has 0 amide bonds. The maximum Gasteiger partial charge on any atom is 0.141 e. The summed E-state index contributed by atoms with van der Waals surface area (Å²) in [6, 6.07) is 6.13. The van der Waals surface area contributed by atoms with Gasteiger partial charge in [-0.1, -0.05) is 22.0 Å². The summed E-state index contributed by atoms with van der Waals surface area (Å²) in [5, 5.41) is 0. The van der Waals surface area contributed by atoms with Crippen molar-refractivity contribution in [3.05, 3.63) is 42.5 Å². The molecule has 1 heterocycles. The van der Waals surface area contributed by atoms with Crippen molar-refractivity contribution in [1.29, 1.82) is 0 Å². The van der Waals surface area contributed by atoms with Gasteiger partial charge in [-0.3, -0.25) is 0 Å². The number of hydrogen-bond acceptors (Lipinski definition) is 3. The van der Waals surface area contributed by atoms with Gasteiger partial charge in [0.2, 0.25) is 0 Å². The standard InChI is InChI=1S/C14H13Br3O2S/c1-7-6-10(20-14(7)17)11(15)8-4-5-9(18-2)12(16)13(8)19-3/h4-6,11H,1-3H3. The van der Waals surface area contributed by atoms with Gasteiger partial charge in [0.1, 0.15) is 16.0 Å². The van der Waals surface area contributed by atoms with Gasteiger partial charge in [-0.05, 0) is 56.5 Å². The fourth-order valence-corrected chi connectivity index (χ4v) is 4.91. The highest BCUT2D eigenvalue weighted by atomic mass is 79.9. The molecular formula is C14H13Br3O2S. The van der Waals surface area contributed by atoms with Crippen LogP contribution in [0.5, 0.6) is 11.5 Å². The average molecular weight is 485 g/mol. The van der Waals surface area contributed by atoms with Crippen LogP contribution in [0.3, 0.4) is 0 Å². The quantitative estimate of drug-likeness (QED) is 0.489. The van der Waals surface area contributed by atoms with E-state index < -0.39 is 0 Å². The fraction of sp³-hybridized carbons (Fsp3) is 0.286. The number of benzene rings is 1. The normalized spacial score (nSPS) is 12.3. The van der Waals surface area contributed by atoms with Gasteiger partial charge >= 0.3 is 0 Å². The van der Waals surface area contributed by atoms with Crippen molar-refractivity contribution < 1.29 is 9.47 Å². The number of halogens is 3. The number of rotatable bonds is 4. The largest absolute Gasteiger partial charge is 0.495 e. The lowest BCUT2D eigenvalue weighted by Gasteiger charge is -2.16. The number of aryl methyl sites for hydroxylation is 1. The zero-order valence-corrected chi connectivity index (χ0v) is 16.7. The Morgan fingerprint density at radius 3 is 2.35 bits per heavy atom. The molecule has 1 unspecified atom stereocenters. The van der Waals surface area contributed by atoms with E-state index in [1.807, 2.05) is 12.1 Å². The second kappa shape index (κ2) is 6.81. The van der Waals surface area contributed by atoms with E-state index in [-0.39, 0.29) is 4.83 Å². The second-order valence-electron chi connectivity index (χ2n) is 4.17. The van der Waals surface area contributed by atoms with E-state index in [9.17, 15) is 0 Å². The van der Waals surface area contributed by atoms with Crippen LogP contribution in [-0.2, 0) is 0 Å². The molecule has 0 spiro atoms. The Labute approximate surface area is 147 Å². The Hall–Kier alpha value is -0.0400. The predicted molar refractivity (Wildman–Crippen MR) is 94.8 cm³/mol. The molecule has 0 aliphatic heterocycles. The Bertz CT molecular complexity index is 606. The van der Waals surface area contributed by atoms with E-state index >= 15 is 0 Å². The molecule has 6 heteroatoms. The Morgan fingerprint density at radius 2 is 1.85 bits per heavy atom. The summed E-state index contributed by atoms with van der Waals surface area (Å²) in [4.78, 5) is 1.30. The lowest BCUT2D eigenvalue weighted by molar-refractivity contribution is 0.387. The third-order valence-corrected chi connectivity index (χ3v) is 7.16. The van der Waals surface area contributed by atoms with Crippen molar-refractivity contribution in [2.45, 2.75) is 11.8 Å². The van der Waals surface area contributed by atoms with E-state index in [0.717, 1.165) is 25.3 Å². The van der Waals surface area contributed by atoms with Crippen molar-refractivity contribution in [2.24, 2.45) is 0 Å². The first kappa shape index (κ1) is 16.3. The van der Waals surface area contributed by atoms with Crippen LogP contribution in [0.4, 0.5) is 0 Å². The first-order valence-corrected chi connectivity index (χ1v) is 9.11. The molecule has 0 aliphatic carbocycles. The number of thiophene rings is 1. The van der Waals surface area contributed by atoms with E-state index in [2.05, 4.69) is 60.8 Å². The summed E-state index contributed by atoms with van der Waals surface area (Å²) in [6.45, 7) is 2.09. The molecular weight excluding hydrogens is 472 g/mol. The third kappa shape index (κ3) is 3.08. The minimum absolute atomic E-state index is 0.0784. The van der Waals surface area contributed by atoms with Crippen LogP contribution >= 0.6 is 59.1 Å². The summed E-state index contributed by atoms with van der Waals surface area (Å²) < 4.78 is 12.8. The Balaban J connectivity index is 2.49. The monoisotopic (exact) mass is 482 g/mol. The van der Waals surface area contributed by atoms with E-state index in [4.69, 9.17) is 9.47 Å². The minimum Gasteiger partial charge on any atom is -0.495 e. The highest BCUT2D eigenvalue weighted by molar-refractivity contribution is 9.11. The fourth-order valence-electron chi connectivity index (χ4n) is 1.88. The lowest BCUT2D eigenvalue weighted by Crippen LogP contribution is -1.98. The molecule has 108 valence electrons. The molecule has 0 N–H and O–H groups in total. The summed E-state index contributed by atoms with van der Waals surface area (Å²) >= 11 is 12.6. The smallest absolute Gasteiger partial charge is 0.141 e. The van der Waals surface area contributed by atoms with Crippen LogP contribution in [0, 0.1) is 6.92 Å². The van der Waals surface area contributed by atoms with Gasteiger partial charge in [0.15, 0.2) is 0 Å². The minimum atomic E-state index is 0.0784. The average Bonchev–Trinajstić information content (AvgIpc) is 2.77. The molecule has 2 rings (SSSR count). The number of methoxy groups -OCH3 is 2. The maximum absolute atomic E-state index is 5.53. The lowest BCUT2D eigenvalue weighted by atomic mass is 10.1.